The van der Waals surface area contributed by atoms with Crippen LogP contribution in [-0.2, 0) is 5.41 Å². The highest BCUT2D eigenvalue weighted by Gasteiger charge is 2.52. The van der Waals surface area contributed by atoms with Gasteiger partial charge in [0, 0.05) is 12.4 Å². The van der Waals surface area contributed by atoms with Gasteiger partial charge in [-0.2, -0.15) is 0 Å². The van der Waals surface area contributed by atoms with E-state index in [1.165, 1.54) is 24.8 Å². The highest BCUT2D eigenvalue weighted by atomic mass is 14.7. The molecule has 1 nitrogen and oxygen atoms in total. The van der Waals surface area contributed by atoms with Crippen molar-refractivity contribution < 1.29 is 0 Å². The van der Waals surface area contributed by atoms with Crippen molar-refractivity contribution in [3.8, 4) is 0 Å². The molecule has 1 aliphatic rings. The molecule has 1 saturated carbocycles. The van der Waals surface area contributed by atoms with Gasteiger partial charge in [0.05, 0.1) is 0 Å². The van der Waals surface area contributed by atoms with Crippen molar-refractivity contribution in [3.05, 3.63) is 30.1 Å². The summed E-state index contributed by atoms with van der Waals surface area (Å²) in [7, 11) is 0. The highest BCUT2D eigenvalue weighted by molar-refractivity contribution is 5.30. The molecule has 1 aliphatic carbocycles. The smallest absolute Gasteiger partial charge is 0.0305 e. The van der Waals surface area contributed by atoms with Gasteiger partial charge in [-0.25, -0.2) is 0 Å². The van der Waals surface area contributed by atoms with Crippen LogP contribution >= 0.6 is 0 Å². The van der Waals surface area contributed by atoms with Crippen molar-refractivity contribution in [2.45, 2.75) is 38.5 Å². The van der Waals surface area contributed by atoms with E-state index in [9.17, 15) is 0 Å². The lowest BCUT2D eigenvalue weighted by Crippen LogP contribution is -2.08. The van der Waals surface area contributed by atoms with Crippen molar-refractivity contribution in [1.29, 1.82) is 0 Å². The molecule has 0 aromatic carbocycles. The second-order valence-electron chi connectivity index (χ2n) is 4.06. The predicted octanol–water partition coefficient (Wildman–Crippen LogP) is 3.16. The van der Waals surface area contributed by atoms with E-state index in [-0.39, 0.29) is 0 Å². The van der Waals surface area contributed by atoms with Crippen molar-refractivity contribution in [2.24, 2.45) is 5.92 Å². The van der Waals surface area contributed by atoms with E-state index in [0.29, 0.717) is 5.41 Å². The molecule has 0 aliphatic heterocycles. The average Bonchev–Trinajstić information content (AvgIpc) is 2.94. The second-order valence-corrected chi connectivity index (χ2v) is 4.06. The van der Waals surface area contributed by atoms with Gasteiger partial charge >= 0.3 is 0 Å². The van der Waals surface area contributed by atoms with Crippen LogP contribution in [0.2, 0.25) is 0 Å². The standard InChI is InChI=1S/C12H17N/c1-3-10-8-12(10,4-2)11-6-5-7-13-9-11/h5-7,9-10H,3-4,8H2,1-2H3. The Bertz CT molecular complexity index is 280. The Morgan fingerprint density at radius 1 is 1.54 bits per heavy atom. The van der Waals surface area contributed by atoms with Crippen LogP contribution in [0.4, 0.5) is 0 Å². The van der Waals surface area contributed by atoms with Crippen LogP contribution in [0.1, 0.15) is 38.7 Å². The fraction of sp³-hybridized carbons (Fsp3) is 0.583. The third-order valence-corrected chi connectivity index (χ3v) is 3.59. The molecule has 0 spiro atoms. The first kappa shape index (κ1) is 8.74. The van der Waals surface area contributed by atoms with E-state index in [4.69, 9.17) is 0 Å². The molecule has 1 heterocycles. The van der Waals surface area contributed by atoms with Crippen LogP contribution in [0.5, 0.6) is 0 Å². The van der Waals surface area contributed by atoms with Crippen LogP contribution in [-0.4, -0.2) is 4.98 Å². The lowest BCUT2D eigenvalue weighted by atomic mass is 9.91. The first-order valence-corrected chi connectivity index (χ1v) is 5.24. The molecular formula is C12H17N. The van der Waals surface area contributed by atoms with Crippen molar-refractivity contribution in [3.63, 3.8) is 0 Å². The fourth-order valence-corrected chi connectivity index (χ4v) is 2.56. The van der Waals surface area contributed by atoms with E-state index in [2.05, 4.69) is 31.0 Å². The fourth-order valence-electron chi connectivity index (χ4n) is 2.56. The number of nitrogens with zero attached hydrogens (tertiary/aromatic N) is 1. The van der Waals surface area contributed by atoms with Gasteiger partial charge in [-0.3, -0.25) is 4.98 Å². The van der Waals surface area contributed by atoms with Crippen LogP contribution in [0, 0.1) is 5.92 Å². The quantitative estimate of drug-likeness (QED) is 0.687. The van der Waals surface area contributed by atoms with E-state index in [1.807, 2.05) is 12.4 Å². The maximum absolute atomic E-state index is 4.21. The highest BCUT2D eigenvalue weighted by Crippen LogP contribution is 2.57. The summed E-state index contributed by atoms with van der Waals surface area (Å²) in [6.07, 6.45) is 7.83. The molecule has 1 aromatic rings. The molecule has 0 bridgehead atoms. The van der Waals surface area contributed by atoms with Crippen LogP contribution in [0.3, 0.4) is 0 Å². The Morgan fingerprint density at radius 3 is 2.85 bits per heavy atom. The molecule has 2 atom stereocenters. The van der Waals surface area contributed by atoms with Gasteiger partial charge in [0.2, 0.25) is 0 Å². The van der Waals surface area contributed by atoms with Crippen LogP contribution in [0.15, 0.2) is 24.5 Å². The summed E-state index contributed by atoms with van der Waals surface area (Å²) >= 11 is 0. The van der Waals surface area contributed by atoms with Crippen molar-refractivity contribution in [2.75, 3.05) is 0 Å². The number of rotatable bonds is 3. The van der Waals surface area contributed by atoms with E-state index in [1.54, 1.807) is 0 Å². The normalized spacial score (nSPS) is 31.7. The number of hydrogen-bond acceptors (Lipinski definition) is 1. The van der Waals surface area contributed by atoms with Gasteiger partial charge in [-0.1, -0.05) is 26.3 Å². The molecule has 2 rings (SSSR count). The first-order chi connectivity index (χ1) is 6.33. The monoisotopic (exact) mass is 175 g/mol. The SMILES string of the molecule is CCC1CC1(CC)c1cccnc1. The largest absolute Gasteiger partial charge is 0.264 e. The summed E-state index contributed by atoms with van der Waals surface area (Å²) in [6.45, 7) is 4.58. The minimum Gasteiger partial charge on any atom is -0.264 e. The summed E-state index contributed by atoms with van der Waals surface area (Å²) in [6, 6.07) is 4.28. The molecule has 1 fully saturated rings. The van der Waals surface area contributed by atoms with E-state index in [0.717, 1.165) is 5.92 Å². The van der Waals surface area contributed by atoms with Gasteiger partial charge in [-0.15, -0.1) is 0 Å². The maximum atomic E-state index is 4.21. The van der Waals surface area contributed by atoms with Crippen molar-refractivity contribution >= 4 is 0 Å². The number of hydrogen-bond donors (Lipinski definition) is 0. The molecule has 0 saturated heterocycles. The Morgan fingerprint density at radius 2 is 2.38 bits per heavy atom. The molecular weight excluding hydrogens is 158 g/mol. The van der Waals surface area contributed by atoms with Gasteiger partial charge < -0.3 is 0 Å². The molecule has 0 N–H and O–H groups in total. The minimum atomic E-state index is 0.489. The summed E-state index contributed by atoms with van der Waals surface area (Å²) < 4.78 is 0. The van der Waals surface area contributed by atoms with Gasteiger partial charge in [0.15, 0.2) is 0 Å². The molecule has 1 aromatic heterocycles. The average molecular weight is 175 g/mol. The Kier molecular flexibility index (Phi) is 2.10. The maximum Gasteiger partial charge on any atom is 0.0305 e. The van der Waals surface area contributed by atoms with Gasteiger partial charge in [-0.05, 0) is 35.8 Å². The topological polar surface area (TPSA) is 12.9 Å². The molecule has 0 radical (unpaired) electrons. The van der Waals surface area contributed by atoms with Crippen molar-refractivity contribution in [1.82, 2.24) is 4.98 Å². The molecule has 13 heavy (non-hydrogen) atoms. The lowest BCUT2D eigenvalue weighted by Gasteiger charge is -2.14. The van der Waals surface area contributed by atoms with E-state index < -0.39 is 0 Å². The third-order valence-electron chi connectivity index (χ3n) is 3.59. The second kappa shape index (κ2) is 3.13. The minimum absolute atomic E-state index is 0.489. The summed E-state index contributed by atoms with van der Waals surface area (Å²) in [4.78, 5) is 4.21. The first-order valence-electron chi connectivity index (χ1n) is 5.24. The predicted molar refractivity (Wildman–Crippen MR) is 54.6 cm³/mol. The Labute approximate surface area is 80.2 Å². The third kappa shape index (κ3) is 1.27. The summed E-state index contributed by atoms with van der Waals surface area (Å²) in [5.74, 6) is 0.904. The summed E-state index contributed by atoms with van der Waals surface area (Å²) in [5.41, 5.74) is 1.94. The zero-order valence-corrected chi connectivity index (χ0v) is 8.46. The molecule has 70 valence electrons. The zero-order chi connectivity index (χ0) is 9.31. The molecule has 1 heteroatoms. The van der Waals surface area contributed by atoms with E-state index >= 15 is 0 Å². The zero-order valence-electron chi connectivity index (χ0n) is 8.46. The Balaban J connectivity index is 2.25. The molecule has 2 unspecified atom stereocenters. The summed E-state index contributed by atoms with van der Waals surface area (Å²) in [5, 5.41) is 0. The van der Waals surface area contributed by atoms with Gasteiger partial charge in [0.25, 0.3) is 0 Å². The molecule has 0 amide bonds. The van der Waals surface area contributed by atoms with Gasteiger partial charge in [0.1, 0.15) is 0 Å². The number of aromatic nitrogens is 1. The van der Waals surface area contributed by atoms with Crippen LogP contribution < -0.4 is 0 Å². The Hall–Kier alpha value is -0.850. The number of pyridine rings is 1. The lowest BCUT2D eigenvalue weighted by molar-refractivity contribution is 0.570. The van der Waals surface area contributed by atoms with Crippen LogP contribution in [0.25, 0.3) is 0 Å².